The first-order chi connectivity index (χ1) is 5.95. The normalized spacial score (nSPS) is 32.0. The molecule has 5 heteroatoms. The molecule has 1 fully saturated rings. The van der Waals surface area contributed by atoms with Crippen molar-refractivity contribution in [3.63, 3.8) is 0 Å². The Morgan fingerprint density at radius 3 is 2.46 bits per heavy atom. The van der Waals surface area contributed by atoms with E-state index in [2.05, 4.69) is 6.92 Å². The minimum Gasteiger partial charge on any atom is -0.330 e. The molecule has 13 heavy (non-hydrogen) atoms. The fraction of sp³-hybridized carbons (Fsp3) is 1.00. The molecule has 0 aromatic heterocycles. The Morgan fingerprint density at radius 2 is 2.15 bits per heavy atom. The van der Waals surface area contributed by atoms with Crippen molar-refractivity contribution in [2.24, 2.45) is 17.6 Å². The van der Waals surface area contributed by atoms with E-state index in [1.807, 2.05) is 0 Å². The fourth-order valence-electron chi connectivity index (χ4n) is 2.20. The van der Waals surface area contributed by atoms with E-state index in [-0.39, 0.29) is 12.5 Å². The van der Waals surface area contributed by atoms with Crippen LogP contribution in [0.15, 0.2) is 0 Å². The standard InChI is InChI=1S/C8H18NO3P/c1-6-2-3-7(4-6)8(5-9)13(10,11)12/h6-8H,2-5,9H2,1H3,(H2,10,11,12). The van der Waals surface area contributed by atoms with Crippen molar-refractivity contribution in [3.05, 3.63) is 0 Å². The fourth-order valence-corrected chi connectivity index (χ4v) is 3.30. The molecule has 0 amide bonds. The van der Waals surface area contributed by atoms with Crippen LogP contribution >= 0.6 is 7.60 Å². The van der Waals surface area contributed by atoms with Crippen molar-refractivity contribution >= 4 is 7.60 Å². The summed E-state index contributed by atoms with van der Waals surface area (Å²) >= 11 is 0. The minimum absolute atomic E-state index is 0.0989. The highest BCUT2D eigenvalue weighted by atomic mass is 31.2. The minimum atomic E-state index is -3.98. The van der Waals surface area contributed by atoms with E-state index < -0.39 is 13.3 Å². The average Bonchev–Trinajstić information content (AvgIpc) is 2.34. The Hall–Kier alpha value is 0.110. The number of nitrogens with two attached hydrogens (primary N) is 1. The Balaban J connectivity index is 2.63. The summed E-state index contributed by atoms with van der Waals surface area (Å²) in [6.45, 7) is 2.22. The average molecular weight is 207 g/mol. The van der Waals surface area contributed by atoms with Crippen LogP contribution in [0.5, 0.6) is 0 Å². The second kappa shape index (κ2) is 4.09. The second-order valence-electron chi connectivity index (χ2n) is 4.07. The smallest absolute Gasteiger partial charge is 0.330 e. The van der Waals surface area contributed by atoms with E-state index in [1.54, 1.807) is 0 Å². The predicted octanol–water partition coefficient (Wildman–Crippen LogP) is 0.928. The van der Waals surface area contributed by atoms with Crippen LogP contribution in [0.2, 0.25) is 0 Å². The van der Waals surface area contributed by atoms with Crippen molar-refractivity contribution in [1.82, 2.24) is 0 Å². The van der Waals surface area contributed by atoms with Crippen LogP contribution in [0.3, 0.4) is 0 Å². The Kier molecular flexibility index (Phi) is 3.52. The molecular formula is C8H18NO3P. The molecule has 3 unspecified atom stereocenters. The largest absolute Gasteiger partial charge is 0.330 e. The zero-order valence-corrected chi connectivity index (χ0v) is 8.78. The topological polar surface area (TPSA) is 83.6 Å². The highest BCUT2D eigenvalue weighted by Crippen LogP contribution is 2.49. The molecule has 1 aliphatic carbocycles. The van der Waals surface area contributed by atoms with Gasteiger partial charge in [-0.15, -0.1) is 0 Å². The van der Waals surface area contributed by atoms with Crippen molar-refractivity contribution in [2.45, 2.75) is 31.8 Å². The summed E-state index contributed by atoms with van der Waals surface area (Å²) in [5.74, 6) is 0.714. The lowest BCUT2D eigenvalue weighted by Crippen LogP contribution is -2.27. The summed E-state index contributed by atoms with van der Waals surface area (Å²) in [4.78, 5) is 18.1. The van der Waals surface area contributed by atoms with Crippen LogP contribution in [-0.2, 0) is 4.57 Å². The first-order valence-electron chi connectivity index (χ1n) is 4.70. The van der Waals surface area contributed by atoms with E-state index in [9.17, 15) is 4.57 Å². The molecule has 0 heterocycles. The van der Waals surface area contributed by atoms with Crippen molar-refractivity contribution in [3.8, 4) is 0 Å². The molecule has 0 radical (unpaired) electrons. The van der Waals surface area contributed by atoms with E-state index in [0.29, 0.717) is 5.92 Å². The van der Waals surface area contributed by atoms with E-state index in [1.165, 1.54) is 0 Å². The van der Waals surface area contributed by atoms with Crippen LogP contribution in [0.25, 0.3) is 0 Å². The second-order valence-corrected chi connectivity index (χ2v) is 5.91. The molecule has 4 nitrogen and oxygen atoms in total. The SMILES string of the molecule is CC1CCC(C(CN)P(=O)(O)O)C1. The molecule has 1 rings (SSSR count). The van der Waals surface area contributed by atoms with Crippen molar-refractivity contribution in [1.29, 1.82) is 0 Å². The molecular weight excluding hydrogens is 189 g/mol. The maximum Gasteiger partial charge on any atom is 0.330 e. The highest BCUT2D eigenvalue weighted by molar-refractivity contribution is 7.52. The van der Waals surface area contributed by atoms with Gasteiger partial charge < -0.3 is 15.5 Å². The molecule has 1 aliphatic rings. The van der Waals surface area contributed by atoms with Gasteiger partial charge in [0.15, 0.2) is 0 Å². The van der Waals surface area contributed by atoms with Crippen LogP contribution in [0.4, 0.5) is 0 Å². The Morgan fingerprint density at radius 1 is 1.54 bits per heavy atom. The molecule has 0 aliphatic heterocycles. The Bertz CT molecular complexity index is 215. The van der Waals surface area contributed by atoms with Crippen LogP contribution < -0.4 is 5.73 Å². The first-order valence-corrected chi connectivity index (χ1v) is 6.38. The monoisotopic (exact) mass is 207 g/mol. The number of hydrogen-bond donors (Lipinski definition) is 3. The van der Waals surface area contributed by atoms with Gasteiger partial charge in [0.2, 0.25) is 0 Å². The summed E-state index contributed by atoms with van der Waals surface area (Å²) in [6.07, 6.45) is 2.89. The predicted molar refractivity (Wildman–Crippen MR) is 51.4 cm³/mol. The zero-order valence-electron chi connectivity index (χ0n) is 7.89. The number of rotatable bonds is 3. The molecule has 78 valence electrons. The van der Waals surface area contributed by atoms with Crippen molar-refractivity contribution in [2.75, 3.05) is 6.54 Å². The van der Waals surface area contributed by atoms with Gasteiger partial charge in [0.05, 0.1) is 5.66 Å². The lowest BCUT2D eigenvalue weighted by Gasteiger charge is -2.22. The summed E-state index contributed by atoms with van der Waals surface area (Å²) in [5.41, 5.74) is 4.78. The third-order valence-electron chi connectivity index (χ3n) is 2.95. The molecule has 0 bridgehead atoms. The van der Waals surface area contributed by atoms with Gasteiger partial charge in [-0.25, -0.2) is 0 Å². The maximum atomic E-state index is 11.1. The molecule has 0 aromatic carbocycles. The van der Waals surface area contributed by atoms with Gasteiger partial charge in [-0.3, -0.25) is 4.57 Å². The molecule has 1 saturated carbocycles. The first kappa shape index (κ1) is 11.2. The molecule has 0 aromatic rings. The van der Waals surface area contributed by atoms with Gasteiger partial charge in [0, 0.05) is 6.54 Å². The van der Waals surface area contributed by atoms with E-state index >= 15 is 0 Å². The Labute approximate surface area is 78.7 Å². The lowest BCUT2D eigenvalue weighted by molar-refractivity contribution is 0.332. The zero-order chi connectivity index (χ0) is 10.1. The summed E-state index contributed by atoms with van der Waals surface area (Å²) in [6, 6.07) is 0. The lowest BCUT2D eigenvalue weighted by atomic mass is 10.0. The molecule has 0 spiro atoms. The molecule has 0 saturated heterocycles. The summed E-state index contributed by atoms with van der Waals surface area (Å²) < 4.78 is 11.1. The summed E-state index contributed by atoms with van der Waals surface area (Å²) in [7, 11) is -3.98. The van der Waals surface area contributed by atoms with E-state index in [0.717, 1.165) is 19.3 Å². The van der Waals surface area contributed by atoms with Gasteiger partial charge >= 0.3 is 7.60 Å². The van der Waals surface area contributed by atoms with Gasteiger partial charge in [-0.05, 0) is 24.7 Å². The summed E-state index contributed by atoms with van der Waals surface area (Å²) in [5, 5.41) is 0. The third kappa shape index (κ3) is 2.78. The quantitative estimate of drug-likeness (QED) is 0.601. The third-order valence-corrected chi connectivity index (χ3v) is 4.45. The van der Waals surface area contributed by atoms with Crippen LogP contribution in [0.1, 0.15) is 26.2 Å². The molecule has 4 N–H and O–H groups in total. The van der Waals surface area contributed by atoms with Gasteiger partial charge in [-0.1, -0.05) is 13.3 Å². The van der Waals surface area contributed by atoms with E-state index in [4.69, 9.17) is 15.5 Å². The van der Waals surface area contributed by atoms with Crippen LogP contribution in [0, 0.1) is 11.8 Å². The molecule has 3 atom stereocenters. The van der Waals surface area contributed by atoms with Gasteiger partial charge in [-0.2, -0.15) is 0 Å². The highest BCUT2D eigenvalue weighted by Gasteiger charge is 2.38. The van der Waals surface area contributed by atoms with Crippen molar-refractivity contribution < 1.29 is 14.4 Å². The van der Waals surface area contributed by atoms with Crippen LogP contribution in [-0.4, -0.2) is 22.0 Å². The number of hydrogen-bond acceptors (Lipinski definition) is 2. The maximum absolute atomic E-state index is 11.1. The van der Waals surface area contributed by atoms with Gasteiger partial charge in [0.1, 0.15) is 0 Å². The van der Waals surface area contributed by atoms with Gasteiger partial charge in [0.25, 0.3) is 0 Å².